The van der Waals surface area contributed by atoms with Crippen molar-refractivity contribution < 1.29 is 9.59 Å². The number of carbonyl (C=O) groups excluding carboxylic acids is 2. The summed E-state index contributed by atoms with van der Waals surface area (Å²) in [6, 6.07) is 8.01. The van der Waals surface area contributed by atoms with Gasteiger partial charge in [-0.15, -0.1) is 0 Å². The summed E-state index contributed by atoms with van der Waals surface area (Å²) in [6.45, 7) is 1.68. The molecule has 0 bridgehead atoms. The molecule has 1 aliphatic carbocycles. The molecule has 4 N–H and O–H groups in total. The first-order valence-corrected chi connectivity index (χ1v) is 12.3. The Morgan fingerprint density at radius 3 is 2.28 bits per heavy atom. The standard InChI is InChI=1S/C26H30N8O2/c27-24(32-23(36)20-15-31-34(16-20)17-22(35)33-11-2-1-3-12-33)26(9-4-10-26)21-7-5-18(6-8-21)19-13-29-25(28)30-14-19/h5-8,13-16H,1-4,9-12,17H2,(H2,27,32,36)(H2,28,29,30). The van der Waals surface area contributed by atoms with Crippen molar-refractivity contribution in [2.45, 2.75) is 50.5 Å². The van der Waals surface area contributed by atoms with Gasteiger partial charge in [0.05, 0.1) is 17.2 Å². The molecular weight excluding hydrogens is 456 g/mol. The number of amidine groups is 1. The van der Waals surface area contributed by atoms with Crippen LogP contribution in [0.5, 0.6) is 0 Å². The number of hydrogen-bond acceptors (Lipinski definition) is 6. The predicted octanol–water partition coefficient (Wildman–Crippen LogP) is 2.55. The lowest BCUT2D eigenvalue weighted by Crippen LogP contribution is -2.47. The Labute approximate surface area is 209 Å². The fraction of sp³-hybridized carbons (Fsp3) is 0.385. The Hall–Kier alpha value is -4.08. The van der Waals surface area contributed by atoms with Crippen LogP contribution in [0.25, 0.3) is 11.1 Å². The van der Waals surface area contributed by atoms with E-state index in [4.69, 9.17) is 11.5 Å². The third-order valence-electron chi connectivity index (χ3n) is 7.25. The van der Waals surface area contributed by atoms with Crippen LogP contribution in [0.1, 0.15) is 54.4 Å². The van der Waals surface area contributed by atoms with E-state index in [2.05, 4.69) is 20.1 Å². The van der Waals surface area contributed by atoms with Crippen molar-refractivity contribution in [1.29, 1.82) is 0 Å². The molecule has 36 heavy (non-hydrogen) atoms. The Morgan fingerprint density at radius 2 is 1.64 bits per heavy atom. The van der Waals surface area contributed by atoms with Crippen molar-refractivity contribution in [2.24, 2.45) is 10.7 Å². The highest BCUT2D eigenvalue weighted by Gasteiger charge is 2.43. The lowest BCUT2D eigenvalue weighted by Gasteiger charge is -2.41. The summed E-state index contributed by atoms with van der Waals surface area (Å²) in [7, 11) is 0. The number of rotatable bonds is 6. The van der Waals surface area contributed by atoms with Gasteiger partial charge in [-0.25, -0.2) is 9.97 Å². The topological polar surface area (TPSA) is 145 Å². The average Bonchev–Trinajstić information content (AvgIpc) is 3.33. The van der Waals surface area contributed by atoms with Gasteiger partial charge in [0.15, 0.2) is 0 Å². The van der Waals surface area contributed by atoms with Crippen molar-refractivity contribution in [3.8, 4) is 11.1 Å². The van der Waals surface area contributed by atoms with Crippen molar-refractivity contribution in [3.05, 3.63) is 60.2 Å². The van der Waals surface area contributed by atoms with Crippen LogP contribution in [-0.2, 0) is 16.8 Å². The molecule has 1 aromatic carbocycles. The van der Waals surface area contributed by atoms with Gasteiger partial charge in [-0.2, -0.15) is 10.1 Å². The van der Waals surface area contributed by atoms with Gasteiger partial charge in [-0.05, 0) is 43.2 Å². The summed E-state index contributed by atoms with van der Waals surface area (Å²) in [5, 5.41) is 4.20. The number of nitrogen functional groups attached to an aromatic ring is 1. The summed E-state index contributed by atoms with van der Waals surface area (Å²) >= 11 is 0. The SMILES string of the molecule is NC(=NC(=O)c1cnn(CC(=O)N2CCCCC2)c1)C1(c2ccc(-c3cnc(N)nc3)cc2)CCC1. The number of aromatic nitrogens is 4. The molecule has 10 nitrogen and oxygen atoms in total. The fourth-order valence-corrected chi connectivity index (χ4v) is 4.92. The Morgan fingerprint density at radius 1 is 0.944 bits per heavy atom. The minimum Gasteiger partial charge on any atom is -0.386 e. The minimum absolute atomic E-state index is 0.0159. The highest BCUT2D eigenvalue weighted by molar-refractivity contribution is 6.06. The Balaban J connectivity index is 1.29. The molecule has 5 rings (SSSR count). The highest BCUT2D eigenvalue weighted by Crippen LogP contribution is 2.44. The molecule has 1 saturated heterocycles. The summed E-state index contributed by atoms with van der Waals surface area (Å²) in [4.78, 5) is 39.6. The molecule has 2 amide bonds. The molecule has 0 spiro atoms. The van der Waals surface area contributed by atoms with Crippen molar-refractivity contribution >= 4 is 23.6 Å². The molecule has 10 heteroatoms. The maximum absolute atomic E-state index is 12.9. The maximum atomic E-state index is 12.9. The van der Waals surface area contributed by atoms with E-state index in [1.807, 2.05) is 29.2 Å². The fourth-order valence-electron chi connectivity index (χ4n) is 4.92. The third kappa shape index (κ3) is 4.71. The van der Waals surface area contributed by atoms with E-state index in [1.165, 1.54) is 10.9 Å². The Bertz CT molecular complexity index is 1270. The molecular formula is C26H30N8O2. The molecule has 3 heterocycles. The summed E-state index contributed by atoms with van der Waals surface area (Å²) in [5.41, 5.74) is 14.7. The zero-order valence-corrected chi connectivity index (χ0v) is 20.1. The smallest absolute Gasteiger partial charge is 0.281 e. The van der Waals surface area contributed by atoms with Crippen LogP contribution in [-0.4, -0.2) is 55.4 Å². The summed E-state index contributed by atoms with van der Waals surface area (Å²) < 4.78 is 1.49. The summed E-state index contributed by atoms with van der Waals surface area (Å²) in [6.07, 6.45) is 12.3. The van der Waals surface area contributed by atoms with E-state index in [0.29, 0.717) is 11.4 Å². The number of aliphatic imine (C=N–C) groups is 1. The van der Waals surface area contributed by atoms with Crippen molar-refractivity contribution in [1.82, 2.24) is 24.6 Å². The lowest BCUT2D eigenvalue weighted by molar-refractivity contribution is -0.132. The van der Waals surface area contributed by atoms with Crippen LogP contribution in [0.15, 0.2) is 54.0 Å². The monoisotopic (exact) mass is 486 g/mol. The van der Waals surface area contributed by atoms with E-state index < -0.39 is 11.3 Å². The zero-order valence-electron chi connectivity index (χ0n) is 20.1. The van der Waals surface area contributed by atoms with Gasteiger partial charge in [-0.3, -0.25) is 14.3 Å². The second-order valence-corrected chi connectivity index (χ2v) is 9.51. The third-order valence-corrected chi connectivity index (χ3v) is 7.25. The largest absolute Gasteiger partial charge is 0.386 e. The molecule has 186 valence electrons. The second kappa shape index (κ2) is 9.88. The van der Waals surface area contributed by atoms with Gasteiger partial charge < -0.3 is 16.4 Å². The second-order valence-electron chi connectivity index (χ2n) is 9.51. The molecule has 2 aromatic heterocycles. The van der Waals surface area contributed by atoms with E-state index in [1.54, 1.807) is 18.6 Å². The van der Waals surface area contributed by atoms with Crippen molar-refractivity contribution in [2.75, 3.05) is 18.8 Å². The zero-order chi connectivity index (χ0) is 25.1. The first-order valence-electron chi connectivity index (χ1n) is 12.3. The number of piperidine rings is 1. The minimum atomic E-state index is -0.466. The molecule has 1 saturated carbocycles. The molecule has 0 unspecified atom stereocenters. The quantitative estimate of drug-likeness (QED) is 0.402. The van der Waals surface area contributed by atoms with Crippen LogP contribution in [0, 0.1) is 0 Å². The maximum Gasteiger partial charge on any atom is 0.281 e. The van der Waals surface area contributed by atoms with Crippen molar-refractivity contribution in [3.63, 3.8) is 0 Å². The molecule has 3 aromatic rings. The first-order chi connectivity index (χ1) is 17.4. The predicted molar refractivity (Wildman–Crippen MR) is 136 cm³/mol. The molecule has 2 fully saturated rings. The van der Waals surface area contributed by atoms with Crippen LogP contribution in [0.4, 0.5) is 5.95 Å². The van der Waals surface area contributed by atoms with Gasteiger partial charge in [0.1, 0.15) is 12.4 Å². The number of carbonyl (C=O) groups is 2. The van der Waals surface area contributed by atoms with Gasteiger partial charge in [0.25, 0.3) is 5.91 Å². The molecule has 2 aliphatic rings. The van der Waals surface area contributed by atoms with Crippen LogP contribution < -0.4 is 11.5 Å². The van der Waals surface area contributed by atoms with E-state index >= 15 is 0 Å². The number of nitrogens with zero attached hydrogens (tertiary/aromatic N) is 6. The number of benzene rings is 1. The lowest BCUT2D eigenvalue weighted by atomic mass is 9.63. The summed E-state index contributed by atoms with van der Waals surface area (Å²) in [5.74, 6) is 0.101. The normalized spacial score (nSPS) is 17.4. The van der Waals surface area contributed by atoms with Gasteiger partial charge in [0.2, 0.25) is 11.9 Å². The van der Waals surface area contributed by atoms with E-state index in [0.717, 1.165) is 68.3 Å². The van der Waals surface area contributed by atoms with Gasteiger partial charge in [0, 0.05) is 37.2 Å². The number of nitrogens with two attached hydrogens (primary N) is 2. The van der Waals surface area contributed by atoms with Crippen LogP contribution in [0.2, 0.25) is 0 Å². The van der Waals surface area contributed by atoms with Crippen LogP contribution in [0.3, 0.4) is 0 Å². The number of hydrogen-bond donors (Lipinski definition) is 2. The number of anilines is 1. The Kier molecular flexibility index (Phi) is 6.49. The average molecular weight is 487 g/mol. The van der Waals surface area contributed by atoms with Gasteiger partial charge in [-0.1, -0.05) is 30.7 Å². The highest BCUT2D eigenvalue weighted by atomic mass is 16.2. The molecule has 0 atom stereocenters. The van der Waals surface area contributed by atoms with E-state index in [-0.39, 0.29) is 18.4 Å². The number of likely N-dealkylation sites (tertiary alicyclic amines) is 1. The first kappa shape index (κ1) is 23.7. The van der Waals surface area contributed by atoms with Gasteiger partial charge >= 0.3 is 0 Å². The molecule has 1 aliphatic heterocycles. The van der Waals surface area contributed by atoms with Crippen LogP contribution >= 0.6 is 0 Å². The molecule has 0 radical (unpaired) electrons. The number of amides is 2. The van der Waals surface area contributed by atoms with E-state index in [9.17, 15) is 9.59 Å².